The smallest absolute Gasteiger partial charge is 0.197 e. The Hall–Kier alpha value is -1.58. The molecule has 5 rings (SSSR count). The van der Waals surface area contributed by atoms with Gasteiger partial charge >= 0.3 is 0 Å². The summed E-state index contributed by atoms with van der Waals surface area (Å²) in [5.41, 5.74) is 3.35. The minimum absolute atomic E-state index is 0. The van der Waals surface area contributed by atoms with Gasteiger partial charge in [-0.15, -0.1) is 10.2 Å². The van der Waals surface area contributed by atoms with Crippen LogP contribution < -0.4 is 18.6 Å². The third-order valence-electron chi connectivity index (χ3n) is 5.52. The van der Waals surface area contributed by atoms with Gasteiger partial charge in [-0.2, -0.15) is 0 Å². The minimum atomic E-state index is -4.94. The zero-order valence-corrected chi connectivity index (χ0v) is 21.5. The van der Waals surface area contributed by atoms with Crippen molar-refractivity contribution in [1.82, 2.24) is 0 Å². The van der Waals surface area contributed by atoms with Gasteiger partial charge in [0.1, 0.15) is 0 Å². The van der Waals surface area contributed by atoms with Crippen LogP contribution in [0.2, 0.25) is 0 Å². The molecule has 2 aromatic rings. The molecule has 3 aliphatic carbocycles. The van der Waals surface area contributed by atoms with Gasteiger partial charge in [-0.25, -0.2) is 36.2 Å². The Morgan fingerprint density at radius 1 is 0.727 bits per heavy atom. The van der Waals surface area contributed by atoms with Gasteiger partial charge in [-0.3, -0.25) is 0 Å². The maximum Gasteiger partial charge on any atom is 0.197 e. The van der Waals surface area contributed by atoms with Crippen molar-refractivity contribution in [1.29, 1.82) is 0 Å². The Bertz CT molecular complexity index is 1050. The Labute approximate surface area is 205 Å². The molecule has 0 heterocycles. The van der Waals surface area contributed by atoms with Crippen LogP contribution in [0.25, 0.3) is 0 Å². The molecule has 0 aromatic heterocycles. The number of aryl methyl sites for hydroxylation is 2. The molecule has 10 heteroatoms. The fourth-order valence-electron chi connectivity index (χ4n) is 4.22. The summed E-state index contributed by atoms with van der Waals surface area (Å²) in [6.07, 6.45) is 3.57. The van der Waals surface area contributed by atoms with E-state index in [1.165, 1.54) is 11.1 Å². The molecule has 0 N–H and O–H groups in total. The largest absolute Gasteiger partial charge is 0.222 e. The van der Waals surface area contributed by atoms with E-state index in [0.717, 1.165) is 11.1 Å². The molecular formula is C23H22ClF4IrO4-. The van der Waals surface area contributed by atoms with E-state index in [4.69, 9.17) is 18.6 Å². The number of benzene rings is 2. The van der Waals surface area contributed by atoms with Crippen LogP contribution in [0.15, 0.2) is 47.6 Å². The van der Waals surface area contributed by atoms with Crippen LogP contribution in [-0.4, -0.2) is 0 Å². The predicted octanol–water partition coefficient (Wildman–Crippen LogP) is 2.05. The molecule has 0 atom stereocenters. The van der Waals surface area contributed by atoms with Crippen molar-refractivity contribution in [3.8, 4) is 0 Å². The van der Waals surface area contributed by atoms with E-state index in [9.17, 15) is 17.6 Å². The first-order chi connectivity index (χ1) is 14.6. The molecule has 183 valence electrons. The SMILES string of the molecule is CC1=CC2(C)C=C(C)C1c1c(F)c(F)c(F)c(F)c12.Cc1ccccc1C.[Ir].[O-][Cl+3]([O-])([O-])[O-]. The van der Waals surface area contributed by atoms with Gasteiger partial charge in [0.2, 0.25) is 0 Å². The van der Waals surface area contributed by atoms with Crippen LogP contribution in [0.5, 0.6) is 0 Å². The van der Waals surface area contributed by atoms with E-state index in [1.807, 2.05) is 0 Å². The second kappa shape index (κ2) is 10.8. The molecular weight excluding hydrogens is 644 g/mol. The van der Waals surface area contributed by atoms with Crippen molar-refractivity contribution in [2.24, 2.45) is 0 Å². The van der Waals surface area contributed by atoms with Crippen LogP contribution in [0.1, 0.15) is 48.9 Å². The molecule has 2 aromatic carbocycles. The first kappa shape index (κ1) is 29.5. The zero-order valence-electron chi connectivity index (χ0n) is 18.4. The van der Waals surface area contributed by atoms with Crippen molar-refractivity contribution in [2.75, 3.05) is 0 Å². The topological polar surface area (TPSA) is 92.2 Å². The van der Waals surface area contributed by atoms with Crippen molar-refractivity contribution < 1.29 is 66.5 Å². The molecule has 2 bridgehead atoms. The number of hydrogen-bond acceptors (Lipinski definition) is 4. The summed E-state index contributed by atoms with van der Waals surface area (Å²) in [6.45, 7) is 9.50. The molecule has 0 spiro atoms. The van der Waals surface area contributed by atoms with Gasteiger partial charge < -0.3 is 0 Å². The fraction of sp³-hybridized carbons (Fsp3) is 0.304. The van der Waals surface area contributed by atoms with E-state index in [1.54, 1.807) is 32.9 Å². The summed E-state index contributed by atoms with van der Waals surface area (Å²) in [5, 5.41) is 0. The molecule has 1 radical (unpaired) electrons. The first-order valence-corrected chi connectivity index (χ1v) is 10.7. The molecule has 0 fully saturated rings. The number of rotatable bonds is 0. The predicted molar refractivity (Wildman–Crippen MR) is 99.8 cm³/mol. The number of hydrogen-bond donors (Lipinski definition) is 0. The summed E-state index contributed by atoms with van der Waals surface area (Å²) < 4.78 is 89.0. The van der Waals surface area contributed by atoms with Crippen LogP contribution in [0.3, 0.4) is 0 Å². The van der Waals surface area contributed by atoms with Gasteiger partial charge in [0.05, 0.1) is 0 Å². The summed E-state index contributed by atoms with van der Waals surface area (Å²) in [5.74, 6) is -6.52. The van der Waals surface area contributed by atoms with Crippen molar-refractivity contribution in [3.05, 3.63) is 93.1 Å². The van der Waals surface area contributed by atoms with E-state index in [0.29, 0.717) is 0 Å². The molecule has 3 aliphatic rings. The summed E-state index contributed by atoms with van der Waals surface area (Å²) in [6, 6.07) is 8.36. The third-order valence-corrected chi connectivity index (χ3v) is 5.52. The van der Waals surface area contributed by atoms with Gasteiger partial charge in [-0.05, 0) is 45.7 Å². The molecule has 0 amide bonds. The quantitative estimate of drug-likeness (QED) is 0.187. The molecule has 4 nitrogen and oxygen atoms in total. The van der Waals surface area contributed by atoms with Crippen LogP contribution in [0.4, 0.5) is 17.6 Å². The van der Waals surface area contributed by atoms with E-state index >= 15 is 0 Å². The Balaban J connectivity index is 0.000000324. The van der Waals surface area contributed by atoms with E-state index < -0.39 is 44.8 Å². The minimum Gasteiger partial charge on any atom is -0.222 e. The van der Waals surface area contributed by atoms with Crippen LogP contribution in [-0.2, 0) is 25.5 Å². The van der Waals surface area contributed by atoms with Crippen molar-refractivity contribution in [3.63, 3.8) is 0 Å². The Kier molecular flexibility index (Phi) is 9.62. The molecule has 0 saturated heterocycles. The normalized spacial score (nSPS) is 20.2. The van der Waals surface area contributed by atoms with Crippen molar-refractivity contribution in [2.45, 2.75) is 46.0 Å². The molecule has 33 heavy (non-hydrogen) atoms. The average Bonchev–Trinajstić information content (AvgIpc) is 2.64. The Morgan fingerprint density at radius 3 is 1.45 bits per heavy atom. The summed E-state index contributed by atoms with van der Waals surface area (Å²) in [4.78, 5) is 0. The average molecular weight is 666 g/mol. The monoisotopic (exact) mass is 666 g/mol. The Morgan fingerprint density at radius 2 is 1.09 bits per heavy atom. The molecule has 0 unspecified atom stereocenters. The van der Waals surface area contributed by atoms with Crippen LogP contribution in [0, 0.1) is 47.4 Å². The van der Waals surface area contributed by atoms with E-state index in [2.05, 4.69) is 38.1 Å². The molecule has 0 saturated carbocycles. The standard InChI is InChI=1S/C15H12F4.C8H10.ClHO4.Ir/c1-6-4-15(3)5-7(2)8(6)9-10(15)12(17)14(19)13(18)11(9)16;1-7-5-3-4-6-8(7)2;2-1(3,4)5;/h4-5,8H,1-3H3;3-6H,1-2H3;(H,2,3,4,5);/p-1. The first-order valence-electron chi connectivity index (χ1n) is 9.47. The van der Waals surface area contributed by atoms with Gasteiger partial charge in [0.15, 0.2) is 23.3 Å². The molecule has 0 aliphatic heterocycles. The van der Waals surface area contributed by atoms with E-state index in [-0.39, 0.29) is 31.2 Å². The van der Waals surface area contributed by atoms with Crippen LogP contribution >= 0.6 is 0 Å². The second-order valence-corrected chi connectivity index (χ2v) is 8.76. The van der Waals surface area contributed by atoms with Gasteiger partial charge in [-0.1, -0.05) is 47.6 Å². The number of allylic oxidation sites excluding steroid dienone is 4. The zero-order chi connectivity index (χ0) is 24.6. The van der Waals surface area contributed by atoms with Gasteiger partial charge in [0, 0.05) is 42.6 Å². The maximum absolute atomic E-state index is 14.1. The summed E-state index contributed by atoms with van der Waals surface area (Å²) >= 11 is 0. The fourth-order valence-corrected chi connectivity index (χ4v) is 4.22. The maximum atomic E-state index is 14.1. The third kappa shape index (κ3) is 6.51. The summed E-state index contributed by atoms with van der Waals surface area (Å²) in [7, 11) is -4.94. The number of halogens is 5. The van der Waals surface area contributed by atoms with Gasteiger partial charge in [0.25, 0.3) is 0 Å². The van der Waals surface area contributed by atoms with Crippen molar-refractivity contribution >= 4 is 0 Å². The second-order valence-electron chi connectivity index (χ2n) is 8.00.